The summed E-state index contributed by atoms with van der Waals surface area (Å²) in [6.07, 6.45) is 13.2. The van der Waals surface area contributed by atoms with E-state index in [-0.39, 0.29) is 12.8 Å². The van der Waals surface area contributed by atoms with Crippen LogP contribution in [0.3, 0.4) is 0 Å². The number of rotatable bonds is 34. The van der Waals surface area contributed by atoms with Gasteiger partial charge in [0.15, 0.2) is 0 Å². The first-order valence-electron chi connectivity index (χ1n) is 21.1. The molecule has 0 spiro atoms. The predicted octanol–water partition coefficient (Wildman–Crippen LogP) is 5.70. The number of amides is 1. The van der Waals surface area contributed by atoms with Gasteiger partial charge in [0, 0.05) is 0 Å². The van der Waals surface area contributed by atoms with Crippen LogP contribution in [0.4, 0.5) is 0 Å². The van der Waals surface area contributed by atoms with Crippen molar-refractivity contribution in [1.82, 2.24) is 5.32 Å². The van der Waals surface area contributed by atoms with E-state index in [0.717, 1.165) is 51.4 Å². The number of carbonyl (C=O) groups excluding carboxylic acids is 1. The molecule has 0 heterocycles. The highest BCUT2D eigenvalue weighted by Crippen LogP contribution is 2.47. The van der Waals surface area contributed by atoms with Crippen LogP contribution in [0.25, 0.3) is 0 Å². The summed E-state index contributed by atoms with van der Waals surface area (Å²) >= 11 is 0. The van der Waals surface area contributed by atoms with Crippen LogP contribution in [0.2, 0.25) is 0 Å². The molecule has 1 aliphatic rings. The number of nitrogens with one attached hydrogen (secondary N) is 1. The lowest BCUT2D eigenvalue weighted by Gasteiger charge is -2.41. The van der Waals surface area contributed by atoms with Crippen LogP contribution in [0.1, 0.15) is 181 Å². The molecule has 14 heteroatoms. The topological polar surface area (TPSA) is 226 Å². The number of unbranched alkanes of at least 4 members (excludes halogenated alkanes) is 21. The third-order valence-corrected chi connectivity index (χ3v) is 11.5. The van der Waals surface area contributed by atoms with Gasteiger partial charge >= 0.3 is 7.82 Å². The molecule has 8 unspecified atom stereocenters. The molecule has 8 atom stereocenters. The number of hydrogen-bond acceptors (Lipinski definition) is 11. The number of hydrogen-bond donors (Lipinski definition) is 9. The normalized spacial score (nSPS) is 24.8. The first-order chi connectivity index (χ1) is 25.3. The van der Waals surface area contributed by atoms with Crippen molar-refractivity contribution in [2.45, 2.75) is 236 Å². The highest BCUT2D eigenvalue weighted by atomic mass is 31.2. The van der Waals surface area contributed by atoms with Crippen LogP contribution >= 0.6 is 7.82 Å². The molecule has 0 aromatic carbocycles. The van der Waals surface area contributed by atoms with Crippen LogP contribution in [0.5, 0.6) is 0 Å². The van der Waals surface area contributed by atoms with Crippen LogP contribution in [0, 0.1) is 0 Å². The molecular weight excluding hydrogens is 705 g/mol. The summed E-state index contributed by atoms with van der Waals surface area (Å²) in [6, 6.07) is -1.15. The van der Waals surface area contributed by atoms with Crippen LogP contribution in [0.15, 0.2) is 0 Å². The van der Waals surface area contributed by atoms with E-state index in [2.05, 4.69) is 19.2 Å². The van der Waals surface area contributed by atoms with Gasteiger partial charge in [0.2, 0.25) is 5.91 Å². The molecule has 0 saturated heterocycles. The average Bonchev–Trinajstić information content (AvgIpc) is 3.12. The molecule has 1 saturated carbocycles. The summed E-state index contributed by atoms with van der Waals surface area (Å²) in [5.41, 5.74) is 0. The zero-order valence-electron chi connectivity index (χ0n) is 32.9. The highest BCUT2D eigenvalue weighted by molar-refractivity contribution is 7.47. The summed E-state index contributed by atoms with van der Waals surface area (Å²) in [5, 5.41) is 74.2. The van der Waals surface area contributed by atoms with Crippen molar-refractivity contribution in [3.8, 4) is 0 Å². The van der Waals surface area contributed by atoms with Crippen molar-refractivity contribution in [2.24, 2.45) is 0 Å². The lowest BCUT2D eigenvalue weighted by molar-refractivity contribution is -0.220. The molecule has 0 bridgehead atoms. The van der Waals surface area contributed by atoms with Crippen molar-refractivity contribution in [2.75, 3.05) is 6.61 Å². The Morgan fingerprint density at radius 2 is 0.943 bits per heavy atom. The fourth-order valence-corrected chi connectivity index (χ4v) is 7.92. The minimum absolute atomic E-state index is 0.217. The Morgan fingerprint density at radius 1 is 0.585 bits per heavy atom. The maximum Gasteiger partial charge on any atom is 0.472 e. The van der Waals surface area contributed by atoms with Crippen LogP contribution in [-0.4, -0.2) is 108 Å². The molecule has 0 aromatic rings. The quantitative estimate of drug-likeness (QED) is 0.0283. The summed E-state index contributed by atoms with van der Waals surface area (Å²) in [4.78, 5) is 23.3. The van der Waals surface area contributed by atoms with Crippen LogP contribution < -0.4 is 5.32 Å². The van der Waals surface area contributed by atoms with Crippen molar-refractivity contribution in [1.29, 1.82) is 0 Å². The van der Waals surface area contributed by atoms with Gasteiger partial charge in [0.25, 0.3) is 0 Å². The summed E-state index contributed by atoms with van der Waals surface area (Å²) < 4.78 is 22.8. The van der Waals surface area contributed by atoms with Gasteiger partial charge in [-0.05, 0) is 12.8 Å². The Balaban J connectivity index is 2.54. The van der Waals surface area contributed by atoms with Gasteiger partial charge in [-0.25, -0.2) is 4.57 Å². The van der Waals surface area contributed by atoms with E-state index in [0.29, 0.717) is 12.8 Å². The number of phosphoric ester groups is 1. The second-order valence-corrected chi connectivity index (χ2v) is 16.8. The number of carbonyl (C=O) groups is 1. The van der Waals surface area contributed by atoms with Gasteiger partial charge in [0.05, 0.1) is 31.3 Å². The first-order valence-corrected chi connectivity index (χ1v) is 22.6. The van der Waals surface area contributed by atoms with Gasteiger partial charge in [0.1, 0.15) is 36.6 Å². The van der Waals surface area contributed by atoms with E-state index in [1.165, 1.54) is 89.9 Å². The molecule has 53 heavy (non-hydrogen) atoms. The van der Waals surface area contributed by atoms with Gasteiger partial charge in [-0.2, -0.15) is 0 Å². The molecular formula is C39H78NO12P. The van der Waals surface area contributed by atoms with Crippen molar-refractivity contribution in [3.05, 3.63) is 0 Å². The molecule has 1 fully saturated rings. The monoisotopic (exact) mass is 784 g/mol. The Labute approximate surface area is 319 Å². The zero-order valence-corrected chi connectivity index (χ0v) is 33.8. The Hall–Kier alpha value is -0.700. The molecule has 0 aliphatic heterocycles. The predicted molar refractivity (Wildman–Crippen MR) is 206 cm³/mol. The molecule has 0 aromatic heterocycles. The third kappa shape index (κ3) is 23.2. The highest BCUT2D eigenvalue weighted by Gasteiger charge is 2.51. The average molecular weight is 784 g/mol. The summed E-state index contributed by atoms with van der Waals surface area (Å²) in [6.45, 7) is 3.73. The zero-order chi connectivity index (χ0) is 39.5. The van der Waals surface area contributed by atoms with E-state index in [9.17, 15) is 50.0 Å². The Kier molecular flexibility index (Phi) is 28.9. The number of phosphoric acid groups is 1. The van der Waals surface area contributed by atoms with Gasteiger partial charge in [-0.1, -0.05) is 162 Å². The minimum Gasteiger partial charge on any atom is -0.393 e. The van der Waals surface area contributed by atoms with E-state index in [1.807, 2.05) is 0 Å². The molecule has 1 amide bonds. The SMILES string of the molecule is CCCCCCCCCCCCCCCCC(O)CC(=O)NC(COP(=O)(O)OC1C(O)C(O)C(O)C(O)C1O)C(O)CCCCCCCCCCC. The maximum absolute atomic E-state index is 12.9. The largest absolute Gasteiger partial charge is 0.472 e. The van der Waals surface area contributed by atoms with Gasteiger partial charge < -0.3 is 46.0 Å². The van der Waals surface area contributed by atoms with Crippen LogP contribution in [-0.2, 0) is 18.4 Å². The van der Waals surface area contributed by atoms with E-state index in [1.54, 1.807) is 0 Å². The lowest BCUT2D eigenvalue weighted by Crippen LogP contribution is -2.64. The lowest BCUT2D eigenvalue weighted by atomic mass is 9.85. The number of aliphatic hydroxyl groups is 7. The third-order valence-electron chi connectivity index (χ3n) is 10.5. The Bertz CT molecular complexity index is 932. The van der Waals surface area contributed by atoms with Crippen molar-refractivity contribution >= 4 is 13.7 Å². The molecule has 1 rings (SSSR count). The molecule has 316 valence electrons. The molecule has 9 N–H and O–H groups in total. The smallest absolute Gasteiger partial charge is 0.393 e. The summed E-state index contributed by atoms with van der Waals surface area (Å²) in [5.74, 6) is -0.561. The first kappa shape index (κ1) is 50.3. The van der Waals surface area contributed by atoms with E-state index in [4.69, 9.17) is 9.05 Å². The van der Waals surface area contributed by atoms with Gasteiger partial charge in [-0.15, -0.1) is 0 Å². The molecule has 1 aliphatic carbocycles. The maximum atomic E-state index is 12.9. The fourth-order valence-electron chi connectivity index (χ4n) is 6.95. The second kappa shape index (κ2) is 30.4. The standard InChI is InChI=1S/C39H78NO12P/c1-3-5-7-9-11-13-14-15-16-17-19-20-22-24-26-30(41)28-33(43)40-31(32(42)27-25-23-21-18-12-10-8-6-4-2)29-51-53(49,50)52-39-37(47)35(45)34(44)36(46)38(39)48/h30-32,34-39,41-42,44-48H,3-29H2,1-2H3,(H,40,43)(H,49,50). The van der Waals surface area contributed by atoms with E-state index >= 15 is 0 Å². The summed E-state index contributed by atoms with van der Waals surface area (Å²) in [7, 11) is -5.10. The second-order valence-electron chi connectivity index (χ2n) is 15.4. The molecule has 0 radical (unpaired) electrons. The van der Waals surface area contributed by atoms with E-state index < -0.39 is 75.2 Å². The van der Waals surface area contributed by atoms with Crippen molar-refractivity contribution in [3.63, 3.8) is 0 Å². The number of aliphatic hydroxyl groups excluding tert-OH is 7. The molecule has 13 nitrogen and oxygen atoms in total. The van der Waals surface area contributed by atoms with Crippen molar-refractivity contribution < 1.29 is 59.0 Å². The fraction of sp³-hybridized carbons (Fsp3) is 0.974. The van der Waals surface area contributed by atoms with Gasteiger partial charge in [-0.3, -0.25) is 13.8 Å². The Morgan fingerprint density at radius 3 is 1.36 bits per heavy atom. The minimum atomic E-state index is -5.10.